The molecule has 0 bridgehead atoms. The highest BCUT2D eigenvalue weighted by Gasteiger charge is 2.23. The van der Waals surface area contributed by atoms with Crippen LogP contribution in [0, 0.1) is 0 Å². The molecule has 1 aliphatic heterocycles. The Labute approximate surface area is 128 Å². The molecule has 110 valence electrons. The van der Waals surface area contributed by atoms with Crippen molar-refractivity contribution < 1.29 is 9.90 Å². The lowest BCUT2D eigenvalue weighted by Crippen LogP contribution is -2.50. The maximum absolute atomic E-state index is 11.7. The van der Waals surface area contributed by atoms with Crippen molar-refractivity contribution in [3.05, 3.63) is 33.8 Å². The fraction of sp³-hybridized carbons (Fsp3) is 0.500. The Morgan fingerprint density at radius 2 is 1.95 bits per heavy atom. The molecule has 0 radical (unpaired) electrons. The summed E-state index contributed by atoms with van der Waals surface area (Å²) in [6.07, 6.45) is -0.927. The number of carbonyl (C=O) groups is 1. The predicted octanol–water partition coefficient (Wildman–Crippen LogP) is 2.02. The number of benzene rings is 1. The highest BCUT2D eigenvalue weighted by atomic mass is 35.5. The number of rotatable bonds is 3. The average molecular weight is 317 g/mol. The van der Waals surface area contributed by atoms with Crippen LogP contribution >= 0.6 is 23.2 Å². The molecule has 0 spiro atoms. The molecule has 1 heterocycles. The van der Waals surface area contributed by atoms with Crippen LogP contribution < -0.4 is 0 Å². The Balaban J connectivity index is 1.91. The lowest BCUT2D eigenvalue weighted by molar-refractivity contribution is -0.141. The molecule has 1 fully saturated rings. The molecule has 20 heavy (non-hydrogen) atoms. The fourth-order valence-corrected chi connectivity index (χ4v) is 2.67. The van der Waals surface area contributed by atoms with Gasteiger partial charge in [0.15, 0.2) is 0 Å². The minimum absolute atomic E-state index is 0.203. The van der Waals surface area contributed by atoms with E-state index in [4.69, 9.17) is 23.2 Å². The van der Waals surface area contributed by atoms with Crippen LogP contribution in [0.1, 0.15) is 12.5 Å². The van der Waals surface area contributed by atoms with Crippen LogP contribution in [0.25, 0.3) is 0 Å². The summed E-state index contributed by atoms with van der Waals surface area (Å²) in [5, 5.41) is 10.7. The molecular weight excluding hydrogens is 299 g/mol. The molecule has 1 unspecified atom stereocenters. The van der Waals surface area contributed by atoms with E-state index in [2.05, 4.69) is 4.90 Å². The number of amides is 1. The third kappa shape index (κ3) is 3.85. The molecule has 1 aromatic carbocycles. The van der Waals surface area contributed by atoms with Gasteiger partial charge in [-0.3, -0.25) is 9.69 Å². The van der Waals surface area contributed by atoms with Gasteiger partial charge in [0, 0.05) is 42.8 Å². The summed E-state index contributed by atoms with van der Waals surface area (Å²) in [5.74, 6) is -0.203. The summed E-state index contributed by atoms with van der Waals surface area (Å²) < 4.78 is 0. The van der Waals surface area contributed by atoms with Gasteiger partial charge in [-0.1, -0.05) is 23.2 Å². The maximum Gasteiger partial charge on any atom is 0.251 e. The van der Waals surface area contributed by atoms with Crippen molar-refractivity contribution in [1.82, 2.24) is 9.80 Å². The zero-order chi connectivity index (χ0) is 14.7. The second-order valence-corrected chi connectivity index (χ2v) is 5.86. The third-order valence-corrected chi connectivity index (χ3v) is 4.05. The number of carbonyl (C=O) groups excluding carboxylic acids is 1. The quantitative estimate of drug-likeness (QED) is 0.927. The highest BCUT2D eigenvalue weighted by molar-refractivity contribution is 6.33. The Morgan fingerprint density at radius 1 is 1.30 bits per heavy atom. The standard InChI is InChI=1S/C14H18Cl2N2O2/c1-10(19)14(20)18-6-4-17(5-7-18)9-11-8-12(15)2-3-13(11)16/h2-3,8,10,19H,4-7,9H2,1H3. The van der Waals surface area contributed by atoms with E-state index in [1.165, 1.54) is 6.92 Å². The van der Waals surface area contributed by atoms with Crippen LogP contribution in [0.5, 0.6) is 0 Å². The SMILES string of the molecule is CC(O)C(=O)N1CCN(Cc2cc(Cl)ccc2Cl)CC1. The van der Waals surface area contributed by atoms with Crippen LogP contribution in [0.4, 0.5) is 0 Å². The van der Waals surface area contributed by atoms with E-state index in [1.807, 2.05) is 6.07 Å². The van der Waals surface area contributed by atoms with Crippen LogP contribution in [-0.2, 0) is 11.3 Å². The molecule has 0 aliphatic carbocycles. The minimum Gasteiger partial charge on any atom is -0.384 e. The zero-order valence-corrected chi connectivity index (χ0v) is 12.9. The topological polar surface area (TPSA) is 43.8 Å². The van der Waals surface area contributed by atoms with Gasteiger partial charge in [-0.2, -0.15) is 0 Å². The molecule has 1 N–H and O–H groups in total. The zero-order valence-electron chi connectivity index (χ0n) is 11.4. The van der Waals surface area contributed by atoms with Gasteiger partial charge < -0.3 is 10.0 Å². The van der Waals surface area contributed by atoms with Crippen molar-refractivity contribution in [2.45, 2.75) is 19.6 Å². The monoisotopic (exact) mass is 316 g/mol. The molecule has 2 rings (SSSR count). The summed E-state index contributed by atoms with van der Waals surface area (Å²) in [6.45, 7) is 5.00. The third-order valence-electron chi connectivity index (χ3n) is 3.44. The molecule has 4 nitrogen and oxygen atoms in total. The maximum atomic E-state index is 11.7. The van der Waals surface area contributed by atoms with Crippen molar-refractivity contribution in [2.24, 2.45) is 0 Å². The number of hydrogen-bond acceptors (Lipinski definition) is 3. The number of aliphatic hydroxyl groups excluding tert-OH is 1. The molecule has 1 aromatic rings. The largest absolute Gasteiger partial charge is 0.384 e. The highest BCUT2D eigenvalue weighted by Crippen LogP contribution is 2.22. The van der Waals surface area contributed by atoms with Crippen molar-refractivity contribution in [3.8, 4) is 0 Å². The van der Waals surface area contributed by atoms with E-state index >= 15 is 0 Å². The van der Waals surface area contributed by atoms with E-state index in [1.54, 1.807) is 17.0 Å². The normalized spacial score (nSPS) is 18.1. The molecule has 6 heteroatoms. The van der Waals surface area contributed by atoms with Gasteiger partial charge in [0.05, 0.1) is 0 Å². The van der Waals surface area contributed by atoms with Crippen molar-refractivity contribution in [3.63, 3.8) is 0 Å². The Bertz CT molecular complexity index is 486. The molecule has 1 aliphatic rings. The van der Waals surface area contributed by atoms with Gasteiger partial charge in [-0.05, 0) is 30.7 Å². The first-order valence-corrected chi connectivity index (χ1v) is 7.36. The average Bonchev–Trinajstić information content (AvgIpc) is 2.43. The summed E-state index contributed by atoms with van der Waals surface area (Å²) in [7, 11) is 0. The van der Waals surface area contributed by atoms with Gasteiger partial charge in [0.1, 0.15) is 6.10 Å². The summed E-state index contributed by atoms with van der Waals surface area (Å²) in [4.78, 5) is 15.6. The van der Waals surface area contributed by atoms with Gasteiger partial charge in [0.2, 0.25) is 0 Å². The van der Waals surface area contributed by atoms with Gasteiger partial charge in [-0.25, -0.2) is 0 Å². The Hall–Kier alpha value is -0.810. The summed E-state index contributed by atoms with van der Waals surface area (Å²) in [5.41, 5.74) is 0.995. The van der Waals surface area contributed by atoms with E-state index in [0.717, 1.165) is 25.2 Å². The van der Waals surface area contributed by atoms with Gasteiger partial charge >= 0.3 is 0 Å². The number of aliphatic hydroxyl groups is 1. The van der Waals surface area contributed by atoms with E-state index < -0.39 is 6.10 Å². The smallest absolute Gasteiger partial charge is 0.251 e. The van der Waals surface area contributed by atoms with Crippen LogP contribution in [0.2, 0.25) is 10.0 Å². The number of hydrogen-bond donors (Lipinski definition) is 1. The van der Waals surface area contributed by atoms with E-state index in [9.17, 15) is 9.90 Å². The first kappa shape index (κ1) is 15.6. The summed E-state index contributed by atoms with van der Waals surface area (Å²) >= 11 is 12.1. The minimum atomic E-state index is -0.927. The molecule has 0 saturated carbocycles. The molecule has 0 aromatic heterocycles. The lowest BCUT2D eigenvalue weighted by atomic mass is 10.2. The van der Waals surface area contributed by atoms with Crippen LogP contribution in [0.15, 0.2) is 18.2 Å². The van der Waals surface area contributed by atoms with Crippen molar-refractivity contribution in [1.29, 1.82) is 0 Å². The Kier molecular flexibility index (Phi) is 5.27. The van der Waals surface area contributed by atoms with Gasteiger partial charge in [-0.15, -0.1) is 0 Å². The number of halogens is 2. The second kappa shape index (κ2) is 6.76. The van der Waals surface area contributed by atoms with Crippen LogP contribution in [-0.4, -0.2) is 53.1 Å². The van der Waals surface area contributed by atoms with Crippen LogP contribution in [0.3, 0.4) is 0 Å². The van der Waals surface area contributed by atoms with E-state index in [0.29, 0.717) is 23.1 Å². The fourth-order valence-electron chi connectivity index (χ4n) is 2.30. The van der Waals surface area contributed by atoms with Crippen molar-refractivity contribution >= 4 is 29.1 Å². The first-order chi connectivity index (χ1) is 9.47. The van der Waals surface area contributed by atoms with Crippen molar-refractivity contribution in [2.75, 3.05) is 26.2 Å². The predicted molar refractivity (Wildman–Crippen MR) is 80.0 cm³/mol. The van der Waals surface area contributed by atoms with Gasteiger partial charge in [0.25, 0.3) is 5.91 Å². The molecule has 1 saturated heterocycles. The molecule has 1 amide bonds. The summed E-state index contributed by atoms with van der Waals surface area (Å²) in [6, 6.07) is 5.44. The molecule has 1 atom stereocenters. The second-order valence-electron chi connectivity index (χ2n) is 5.01. The lowest BCUT2D eigenvalue weighted by Gasteiger charge is -2.35. The molecular formula is C14H18Cl2N2O2. The number of nitrogens with zero attached hydrogens (tertiary/aromatic N) is 2. The Morgan fingerprint density at radius 3 is 2.55 bits per heavy atom. The van der Waals surface area contributed by atoms with E-state index in [-0.39, 0.29) is 5.91 Å². The number of piperazine rings is 1. The first-order valence-electron chi connectivity index (χ1n) is 6.60.